The van der Waals surface area contributed by atoms with E-state index in [0.717, 1.165) is 0 Å². The molecule has 1 N–H and O–H groups in total. The predicted octanol–water partition coefficient (Wildman–Crippen LogP) is 2.59. The first-order valence-electron chi connectivity index (χ1n) is 8.72. The standard InChI is InChI=1S/C20H24FN3O4/c1-20(2,3)24(12-17(25)22-15-9-7-14(21)8-10-15)18(26)13-28-19(27)16-6-5-11-23(16)4/h5-11H,12-13H2,1-4H3,(H,22,25). The molecule has 1 aromatic carbocycles. The lowest BCUT2D eigenvalue weighted by atomic mass is 10.1. The number of amides is 2. The van der Waals surface area contributed by atoms with E-state index in [2.05, 4.69) is 5.32 Å². The molecule has 1 heterocycles. The molecule has 2 aromatic rings. The number of nitrogens with zero attached hydrogens (tertiary/aromatic N) is 2. The zero-order valence-electron chi connectivity index (χ0n) is 16.4. The van der Waals surface area contributed by atoms with Crippen LogP contribution in [0.2, 0.25) is 0 Å². The van der Waals surface area contributed by atoms with E-state index in [1.165, 1.54) is 29.2 Å². The van der Waals surface area contributed by atoms with Gasteiger partial charge in [0.25, 0.3) is 5.91 Å². The number of halogens is 1. The quantitative estimate of drug-likeness (QED) is 0.770. The first kappa shape index (κ1) is 21.1. The van der Waals surface area contributed by atoms with Crippen molar-refractivity contribution < 1.29 is 23.5 Å². The summed E-state index contributed by atoms with van der Waals surface area (Å²) >= 11 is 0. The van der Waals surface area contributed by atoms with Crippen LogP contribution in [0.4, 0.5) is 10.1 Å². The fourth-order valence-corrected chi connectivity index (χ4v) is 2.53. The highest BCUT2D eigenvalue weighted by Gasteiger charge is 2.29. The van der Waals surface area contributed by atoms with Crippen LogP contribution in [0.25, 0.3) is 0 Å². The Morgan fingerprint density at radius 1 is 1.14 bits per heavy atom. The van der Waals surface area contributed by atoms with Crippen LogP contribution >= 0.6 is 0 Å². The third kappa shape index (κ3) is 5.67. The lowest BCUT2D eigenvalue weighted by molar-refractivity contribution is -0.142. The van der Waals surface area contributed by atoms with Crippen LogP contribution in [0.1, 0.15) is 31.3 Å². The Morgan fingerprint density at radius 2 is 1.79 bits per heavy atom. The van der Waals surface area contributed by atoms with Crippen LogP contribution in [0.5, 0.6) is 0 Å². The van der Waals surface area contributed by atoms with E-state index in [4.69, 9.17) is 4.74 Å². The van der Waals surface area contributed by atoms with E-state index in [0.29, 0.717) is 11.4 Å². The van der Waals surface area contributed by atoms with Gasteiger partial charge in [0, 0.05) is 24.5 Å². The second-order valence-corrected chi connectivity index (χ2v) is 7.29. The third-order valence-electron chi connectivity index (χ3n) is 4.02. The SMILES string of the molecule is Cn1cccc1C(=O)OCC(=O)N(CC(=O)Nc1ccc(F)cc1)C(C)(C)C. The lowest BCUT2D eigenvalue weighted by Gasteiger charge is -2.35. The van der Waals surface area contributed by atoms with Gasteiger partial charge in [0.1, 0.15) is 18.1 Å². The van der Waals surface area contributed by atoms with Crippen molar-refractivity contribution in [3.63, 3.8) is 0 Å². The minimum Gasteiger partial charge on any atom is -0.451 e. The summed E-state index contributed by atoms with van der Waals surface area (Å²) in [7, 11) is 1.69. The van der Waals surface area contributed by atoms with Crippen LogP contribution in [0.15, 0.2) is 42.6 Å². The molecule has 150 valence electrons. The molecule has 0 saturated heterocycles. The summed E-state index contributed by atoms with van der Waals surface area (Å²) in [6.07, 6.45) is 1.69. The average molecular weight is 389 g/mol. The molecule has 1 aromatic heterocycles. The van der Waals surface area contributed by atoms with E-state index in [9.17, 15) is 18.8 Å². The topological polar surface area (TPSA) is 80.6 Å². The molecule has 0 aliphatic carbocycles. The molecule has 2 rings (SSSR count). The van der Waals surface area contributed by atoms with Crippen molar-refractivity contribution in [2.24, 2.45) is 7.05 Å². The van der Waals surface area contributed by atoms with E-state index >= 15 is 0 Å². The Labute approximate surface area is 163 Å². The van der Waals surface area contributed by atoms with Gasteiger partial charge >= 0.3 is 5.97 Å². The number of hydrogen-bond donors (Lipinski definition) is 1. The second kappa shape index (κ2) is 8.69. The zero-order valence-corrected chi connectivity index (χ0v) is 16.4. The maximum atomic E-state index is 13.0. The normalized spacial score (nSPS) is 11.0. The molecule has 0 aliphatic rings. The van der Waals surface area contributed by atoms with Gasteiger partial charge in [-0.05, 0) is 57.2 Å². The van der Waals surface area contributed by atoms with Crippen LogP contribution in [0.3, 0.4) is 0 Å². The van der Waals surface area contributed by atoms with Crippen LogP contribution in [-0.2, 0) is 21.4 Å². The maximum absolute atomic E-state index is 13.0. The molecule has 8 heteroatoms. The first-order chi connectivity index (χ1) is 13.1. The summed E-state index contributed by atoms with van der Waals surface area (Å²) in [6.45, 7) is 4.60. The Kier molecular flexibility index (Phi) is 6.56. The molecule has 0 fully saturated rings. The number of rotatable bonds is 6. The van der Waals surface area contributed by atoms with E-state index in [1.807, 2.05) is 0 Å². The first-order valence-corrected chi connectivity index (χ1v) is 8.72. The molecule has 2 amide bonds. The number of nitrogens with one attached hydrogen (secondary N) is 1. The van der Waals surface area contributed by atoms with Gasteiger partial charge in [0.15, 0.2) is 6.61 Å². The fourth-order valence-electron chi connectivity index (χ4n) is 2.53. The number of anilines is 1. The smallest absolute Gasteiger partial charge is 0.355 e. The lowest BCUT2D eigenvalue weighted by Crippen LogP contribution is -2.50. The fraction of sp³-hybridized carbons (Fsp3) is 0.350. The number of esters is 1. The minimum atomic E-state index is -0.672. The zero-order chi connectivity index (χ0) is 20.9. The number of carbonyl (C=O) groups is 3. The third-order valence-corrected chi connectivity index (χ3v) is 4.02. The molecule has 7 nitrogen and oxygen atoms in total. The number of aromatic nitrogens is 1. The van der Waals surface area contributed by atoms with Gasteiger partial charge in [0.05, 0.1) is 0 Å². The Morgan fingerprint density at radius 3 is 2.32 bits per heavy atom. The molecular weight excluding hydrogens is 365 g/mol. The Hall–Kier alpha value is -3.16. The van der Waals surface area contributed by atoms with E-state index in [1.54, 1.807) is 50.7 Å². The molecule has 0 saturated carbocycles. The molecule has 28 heavy (non-hydrogen) atoms. The van der Waals surface area contributed by atoms with Gasteiger partial charge < -0.3 is 19.5 Å². The highest BCUT2D eigenvalue weighted by Crippen LogP contribution is 2.15. The number of hydrogen-bond acceptors (Lipinski definition) is 4. The summed E-state index contributed by atoms with van der Waals surface area (Å²) in [4.78, 5) is 38.3. The molecule has 0 bridgehead atoms. The van der Waals surface area contributed by atoms with Gasteiger partial charge in [-0.15, -0.1) is 0 Å². The summed E-state index contributed by atoms with van der Waals surface area (Å²) < 4.78 is 19.6. The highest BCUT2D eigenvalue weighted by atomic mass is 19.1. The Balaban J connectivity index is 1.99. The van der Waals surface area contributed by atoms with Gasteiger partial charge in [-0.25, -0.2) is 9.18 Å². The van der Waals surface area contributed by atoms with Gasteiger partial charge in [-0.1, -0.05) is 0 Å². The summed E-state index contributed by atoms with van der Waals surface area (Å²) in [5.41, 5.74) is 0.0706. The number of ether oxygens (including phenoxy) is 1. The van der Waals surface area contributed by atoms with Crippen molar-refractivity contribution in [2.45, 2.75) is 26.3 Å². The molecule has 0 unspecified atom stereocenters. The van der Waals surface area contributed by atoms with Crippen molar-refractivity contribution in [1.29, 1.82) is 0 Å². The van der Waals surface area contributed by atoms with Crippen molar-refractivity contribution in [1.82, 2.24) is 9.47 Å². The largest absolute Gasteiger partial charge is 0.451 e. The number of benzene rings is 1. The van der Waals surface area contributed by atoms with Crippen molar-refractivity contribution in [2.75, 3.05) is 18.5 Å². The number of carbonyl (C=O) groups excluding carboxylic acids is 3. The van der Waals surface area contributed by atoms with Crippen LogP contribution in [0, 0.1) is 5.82 Å². The summed E-state index contributed by atoms with van der Waals surface area (Å²) in [5.74, 6) is -1.97. The second-order valence-electron chi connectivity index (χ2n) is 7.29. The molecule has 0 spiro atoms. The van der Waals surface area contributed by atoms with Crippen LogP contribution in [-0.4, -0.2) is 45.9 Å². The summed E-state index contributed by atoms with van der Waals surface area (Å²) in [6, 6.07) is 8.59. The molecule has 0 aliphatic heterocycles. The van der Waals surface area contributed by atoms with Gasteiger partial charge in [-0.3, -0.25) is 9.59 Å². The summed E-state index contributed by atoms with van der Waals surface area (Å²) in [5, 5.41) is 2.61. The Bertz CT molecular complexity index is 853. The minimum absolute atomic E-state index is 0.235. The van der Waals surface area contributed by atoms with Crippen molar-refractivity contribution >= 4 is 23.5 Å². The highest BCUT2D eigenvalue weighted by molar-refractivity contribution is 5.95. The number of aryl methyl sites for hydroxylation is 1. The van der Waals surface area contributed by atoms with Crippen LogP contribution < -0.4 is 5.32 Å². The van der Waals surface area contributed by atoms with Gasteiger partial charge in [-0.2, -0.15) is 0 Å². The predicted molar refractivity (Wildman–Crippen MR) is 102 cm³/mol. The van der Waals surface area contributed by atoms with E-state index in [-0.39, 0.29) is 6.54 Å². The monoisotopic (exact) mass is 389 g/mol. The van der Waals surface area contributed by atoms with E-state index < -0.39 is 35.7 Å². The molecule has 0 radical (unpaired) electrons. The van der Waals surface area contributed by atoms with Crippen molar-refractivity contribution in [3.8, 4) is 0 Å². The molecule has 0 atom stereocenters. The average Bonchev–Trinajstić information content (AvgIpc) is 3.04. The van der Waals surface area contributed by atoms with Crippen molar-refractivity contribution in [3.05, 3.63) is 54.1 Å². The molecular formula is C20H24FN3O4. The van der Waals surface area contributed by atoms with Gasteiger partial charge in [0.2, 0.25) is 5.91 Å². The maximum Gasteiger partial charge on any atom is 0.355 e.